The quantitative estimate of drug-likeness (QED) is 0.490. The number of rotatable bonds is 6. The van der Waals surface area contributed by atoms with Gasteiger partial charge in [0, 0.05) is 43.1 Å². The van der Waals surface area contributed by atoms with Crippen LogP contribution in [-0.4, -0.2) is 51.6 Å². The van der Waals surface area contributed by atoms with Crippen molar-refractivity contribution in [3.8, 4) is 5.82 Å². The van der Waals surface area contributed by atoms with E-state index in [0.29, 0.717) is 17.3 Å². The number of nitrogens with zero attached hydrogens (tertiary/aromatic N) is 4. The third-order valence-corrected chi connectivity index (χ3v) is 5.59. The van der Waals surface area contributed by atoms with Crippen LogP contribution in [0.2, 0.25) is 0 Å². The fraction of sp³-hybridized carbons (Fsp3) is 0.208. The molecule has 8 heteroatoms. The third-order valence-electron chi connectivity index (χ3n) is 5.59. The highest BCUT2D eigenvalue weighted by Gasteiger charge is 2.14. The number of aromatic nitrogens is 3. The van der Waals surface area contributed by atoms with Gasteiger partial charge in [-0.3, -0.25) is 9.69 Å². The van der Waals surface area contributed by atoms with E-state index in [9.17, 15) is 4.79 Å². The van der Waals surface area contributed by atoms with Crippen molar-refractivity contribution in [1.29, 1.82) is 0 Å². The van der Waals surface area contributed by atoms with E-state index in [1.54, 1.807) is 18.5 Å². The topological polar surface area (TPSA) is 98.3 Å². The summed E-state index contributed by atoms with van der Waals surface area (Å²) >= 11 is 0. The van der Waals surface area contributed by atoms with Crippen LogP contribution in [0.3, 0.4) is 0 Å². The van der Waals surface area contributed by atoms with E-state index in [4.69, 9.17) is 10.5 Å². The Balaban J connectivity index is 1.36. The molecule has 0 atom stereocenters. The number of para-hydroxylation sites is 1. The van der Waals surface area contributed by atoms with Crippen LogP contribution in [0.15, 0.2) is 67.0 Å². The summed E-state index contributed by atoms with van der Waals surface area (Å²) in [5.41, 5.74) is 9.05. The second kappa shape index (κ2) is 8.78. The first-order valence-electron chi connectivity index (χ1n) is 10.6. The van der Waals surface area contributed by atoms with Crippen LogP contribution in [0.5, 0.6) is 0 Å². The number of hydrogen-bond donors (Lipinski definition) is 2. The summed E-state index contributed by atoms with van der Waals surface area (Å²) in [7, 11) is 0. The largest absolute Gasteiger partial charge is 0.379 e. The fourth-order valence-electron chi connectivity index (χ4n) is 3.95. The number of carbonyl (C=O) groups is 1. The molecule has 4 aromatic rings. The van der Waals surface area contributed by atoms with Crippen molar-refractivity contribution in [3.63, 3.8) is 0 Å². The molecule has 3 heterocycles. The van der Waals surface area contributed by atoms with E-state index in [-0.39, 0.29) is 0 Å². The van der Waals surface area contributed by atoms with Crippen molar-refractivity contribution in [2.75, 3.05) is 31.6 Å². The molecule has 32 heavy (non-hydrogen) atoms. The summed E-state index contributed by atoms with van der Waals surface area (Å²) in [6.07, 6.45) is 3.41. The van der Waals surface area contributed by atoms with Crippen LogP contribution in [0.25, 0.3) is 16.7 Å². The standard InChI is InChI=1S/C24H24N6O2/c25-23(31)20-16-30(21-4-2-1-3-19(20)21)22-9-10-26-24(28-22)27-18-7-5-17(6-8-18)15-29-11-13-32-14-12-29/h1-10,16H,11-15H2,(H2,25,31)(H,26,27,28). The molecule has 0 aliphatic carbocycles. The van der Waals surface area contributed by atoms with Crippen LogP contribution in [0.1, 0.15) is 15.9 Å². The Hall–Kier alpha value is -3.75. The number of primary amides is 1. The third kappa shape index (κ3) is 4.18. The lowest BCUT2D eigenvalue weighted by Crippen LogP contribution is -2.35. The minimum Gasteiger partial charge on any atom is -0.379 e. The highest BCUT2D eigenvalue weighted by Crippen LogP contribution is 2.24. The molecule has 0 spiro atoms. The average molecular weight is 428 g/mol. The number of anilines is 2. The SMILES string of the molecule is NC(=O)c1cn(-c2ccnc(Nc3ccc(CN4CCOCC4)cc3)n2)c2ccccc12. The van der Waals surface area contributed by atoms with Gasteiger partial charge in [0.2, 0.25) is 5.95 Å². The van der Waals surface area contributed by atoms with Gasteiger partial charge in [0.05, 0.1) is 24.3 Å². The summed E-state index contributed by atoms with van der Waals surface area (Å²) in [6.45, 7) is 4.44. The molecule has 0 unspecified atom stereocenters. The lowest BCUT2D eigenvalue weighted by Gasteiger charge is -2.26. The Bertz CT molecular complexity index is 1250. The molecule has 1 saturated heterocycles. The van der Waals surface area contributed by atoms with E-state index in [2.05, 4.69) is 32.3 Å². The highest BCUT2D eigenvalue weighted by atomic mass is 16.5. The van der Waals surface area contributed by atoms with Crippen LogP contribution < -0.4 is 11.1 Å². The van der Waals surface area contributed by atoms with Crippen LogP contribution in [-0.2, 0) is 11.3 Å². The Labute approximate surface area is 185 Å². The molecule has 8 nitrogen and oxygen atoms in total. The number of amides is 1. The number of carbonyl (C=O) groups excluding carboxylic acids is 1. The number of fused-ring (bicyclic) bond motifs is 1. The number of nitrogens with one attached hydrogen (secondary N) is 1. The molecule has 0 bridgehead atoms. The number of nitrogens with two attached hydrogens (primary N) is 1. The van der Waals surface area contributed by atoms with Crippen LogP contribution >= 0.6 is 0 Å². The van der Waals surface area contributed by atoms with Crippen LogP contribution in [0.4, 0.5) is 11.6 Å². The summed E-state index contributed by atoms with van der Waals surface area (Å²) in [6, 6.07) is 17.7. The van der Waals surface area contributed by atoms with Crippen molar-refractivity contribution in [1.82, 2.24) is 19.4 Å². The zero-order valence-corrected chi connectivity index (χ0v) is 17.6. The van der Waals surface area contributed by atoms with Crippen molar-refractivity contribution in [3.05, 3.63) is 78.1 Å². The molecule has 5 rings (SSSR count). The van der Waals surface area contributed by atoms with Gasteiger partial charge >= 0.3 is 0 Å². The molecular formula is C24H24N6O2. The van der Waals surface area contributed by atoms with E-state index in [0.717, 1.165) is 49.4 Å². The summed E-state index contributed by atoms with van der Waals surface area (Å²) in [4.78, 5) is 23.3. The van der Waals surface area contributed by atoms with E-state index in [1.165, 1.54) is 5.56 Å². The zero-order valence-electron chi connectivity index (χ0n) is 17.6. The average Bonchev–Trinajstić information content (AvgIpc) is 3.22. The second-order valence-electron chi connectivity index (χ2n) is 7.74. The van der Waals surface area contributed by atoms with Crippen LogP contribution in [0, 0.1) is 0 Å². The maximum atomic E-state index is 11.9. The van der Waals surface area contributed by atoms with Gasteiger partial charge in [-0.05, 0) is 29.8 Å². The van der Waals surface area contributed by atoms with Gasteiger partial charge in [-0.15, -0.1) is 0 Å². The van der Waals surface area contributed by atoms with Gasteiger partial charge in [-0.1, -0.05) is 30.3 Å². The molecule has 3 N–H and O–H groups in total. The van der Waals surface area contributed by atoms with Crippen molar-refractivity contribution in [2.45, 2.75) is 6.54 Å². The van der Waals surface area contributed by atoms with E-state index >= 15 is 0 Å². The van der Waals surface area contributed by atoms with Crippen molar-refractivity contribution < 1.29 is 9.53 Å². The normalized spacial score (nSPS) is 14.5. The minimum atomic E-state index is -0.468. The molecule has 1 fully saturated rings. The lowest BCUT2D eigenvalue weighted by molar-refractivity contribution is 0.0342. The van der Waals surface area contributed by atoms with Gasteiger partial charge < -0.3 is 20.4 Å². The Kier molecular flexibility index (Phi) is 5.53. The number of hydrogen-bond acceptors (Lipinski definition) is 6. The van der Waals surface area contributed by atoms with Gasteiger partial charge in [0.1, 0.15) is 5.82 Å². The van der Waals surface area contributed by atoms with Gasteiger partial charge in [0.25, 0.3) is 5.91 Å². The number of benzene rings is 2. The number of morpholine rings is 1. The smallest absolute Gasteiger partial charge is 0.250 e. The maximum absolute atomic E-state index is 11.9. The summed E-state index contributed by atoms with van der Waals surface area (Å²) in [5.74, 6) is 0.654. The number of ether oxygens (including phenoxy) is 1. The molecule has 0 radical (unpaired) electrons. The molecule has 2 aromatic heterocycles. The predicted octanol–water partition coefficient (Wildman–Crippen LogP) is 3.10. The Morgan fingerprint density at radius 1 is 1.06 bits per heavy atom. The van der Waals surface area contributed by atoms with Crippen molar-refractivity contribution in [2.24, 2.45) is 5.73 Å². The first-order chi connectivity index (χ1) is 15.7. The molecule has 1 aliphatic heterocycles. The molecular weight excluding hydrogens is 404 g/mol. The summed E-state index contributed by atoms with van der Waals surface area (Å²) < 4.78 is 7.27. The predicted molar refractivity (Wildman–Crippen MR) is 123 cm³/mol. The van der Waals surface area contributed by atoms with Gasteiger partial charge in [-0.2, -0.15) is 4.98 Å². The van der Waals surface area contributed by atoms with Gasteiger partial charge in [-0.25, -0.2) is 4.98 Å². The van der Waals surface area contributed by atoms with E-state index < -0.39 is 5.91 Å². The molecule has 2 aromatic carbocycles. The highest BCUT2D eigenvalue weighted by molar-refractivity contribution is 6.06. The Morgan fingerprint density at radius 2 is 1.84 bits per heavy atom. The van der Waals surface area contributed by atoms with Gasteiger partial charge in [0.15, 0.2) is 0 Å². The van der Waals surface area contributed by atoms with E-state index in [1.807, 2.05) is 41.0 Å². The summed E-state index contributed by atoms with van der Waals surface area (Å²) in [5, 5.41) is 4.06. The zero-order chi connectivity index (χ0) is 21.9. The van der Waals surface area contributed by atoms with Crippen molar-refractivity contribution >= 4 is 28.4 Å². The maximum Gasteiger partial charge on any atom is 0.250 e. The Morgan fingerprint density at radius 3 is 2.62 bits per heavy atom. The molecule has 1 amide bonds. The first-order valence-corrected chi connectivity index (χ1v) is 10.6. The lowest BCUT2D eigenvalue weighted by atomic mass is 10.2. The molecule has 0 saturated carbocycles. The first kappa shape index (κ1) is 20.2. The monoisotopic (exact) mass is 428 g/mol. The second-order valence-corrected chi connectivity index (χ2v) is 7.74. The molecule has 162 valence electrons. The minimum absolute atomic E-state index is 0.463. The fourth-order valence-corrected chi connectivity index (χ4v) is 3.95. The molecule has 1 aliphatic rings.